The van der Waals surface area contributed by atoms with Crippen LogP contribution in [0.1, 0.15) is 16.3 Å². The van der Waals surface area contributed by atoms with Crippen LogP contribution in [0.5, 0.6) is 0 Å². The summed E-state index contributed by atoms with van der Waals surface area (Å²) in [6, 6.07) is 6.81. The molecule has 0 bridgehead atoms. The second-order valence-corrected chi connectivity index (χ2v) is 5.79. The smallest absolute Gasteiger partial charge is 0.292 e. The van der Waals surface area contributed by atoms with E-state index in [4.69, 9.17) is 16.0 Å². The molecule has 0 aliphatic carbocycles. The Bertz CT molecular complexity index is 797. The molecule has 0 aliphatic heterocycles. The highest BCUT2D eigenvalue weighted by Gasteiger charge is 2.12. The molecular formula is C14H10BrClN4O2. The predicted molar refractivity (Wildman–Crippen MR) is 84.9 cm³/mol. The van der Waals surface area contributed by atoms with Crippen molar-refractivity contribution >= 4 is 39.3 Å². The van der Waals surface area contributed by atoms with Crippen molar-refractivity contribution in [3.05, 3.63) is 63.9 Å². The standard InChI is InChI=1S/C14H10BrClN4O2/c15-9-1-4-13(17-5-9)19-14(21)12-3-2-11(22-12)8-20-7-10(16)6-18-20/h1-7H,8H2,(H,17,19,21). The summed E-state index contributed by atoms with van der Waals surface area (Å²) in [7, 11) is 0. The monoisotopic (exact) mass is 380 g/mol. The fourth-order valence-electron chi connectivity index (χ4n) is 1.80. The summed E-state index contributed by atoms with van der Waals surface area (Å²) in [6.45, 7) is 0.399. The predicted octanol–water partition coefficient (Wildman–Crippen LogP) is 3.59. The van der Waals surface area contributed by atoms with E-state index in [1.807, 2.05) is 0 Å². The molecule has 1 amide bonds. The SMILES string of the molecule is O=C(Nc1ccc(Br)cn1)c1ccc(Cn2cc(Cl)cn2)o1. The Labute approximate surface area is 139 Å². The number of halogens is 2. The molecule has 8 heteroatoms. The second kappa shape index (κ2) is 6.33. The highest BCUT2D eigenvalue weighted by molar-refractivity contribution is 9.10. The van der Waals surface area contributed by atoms with E-state index in [9.17, 15) is 4.79 Å². The Morgan fingerprint density at radius 2 is 2.18 bits per heavy atom. The molecule has 0 saturated carbocycles. The fourth-order valence-corrected chi connectivity index (χ4v) is 2.19. The summed E-state index contributed by atoms with van der Waals surface area (Å²) in [5.41, 5.74) is 0. The van der Waals surface area contributed by atoms with Crippen LogP contribution in [0.4, 0.5) is 5.82 Å². The van der Waals surface area contributed by atoms with E-state index in [1.54, 1.807) is 41.3 Å². The number of furan rings is 1. The van der Waals surface area contributed by atoms with E-state index in [0.717, 1.165) is 4.47 Å². The van der Waals surface area contributed by atoms with Crippen LogP contribution < -0.4 is 5.32 Å². The second-order valence-electron chi connectivity index (χ2n) is 4.44. The zero-order valence-electron chi connectivity index (χ0n) is 11.2. The third-order valence-electron chi connectivity index (χ3n) is 2.77. The van der Waals surface area contributed by atoms with Crippen LogP contribution in [0.3, 0.4) is 0 Å². The van der Waals surface area contributed by atoms with Gasteiger partial charge in [-0.3, -0.25) is 9.48 Å². The normalized spacial score (nSPS) is 10.6. The van der Waals surface area contributed by atoms with E-state index in [0.29, 0.717) is 23.1 Å². The molecule has 0 aromatic carbocycles. The highest BCUT2D eigenvalue weighted by Crippen LogP contribution is 2.14. The summed E-state index contributed by atoms with van der Waals surface area (Å²) >= 11 is 9.08. The molecule has 0 spiro atoms. The first-order valence-corrected chi connectivity index (χ1v) is 7.47. The van der Waals surface area contributed by atoms with Crippen LogP contribution in [0.2, 0.25) is 5.02 Å². The van der Waals surface area contributed by atoms with Crippen molar-refractivity contribution < 1.29 is 9.21 Å². The maximum atomic E-state index is 12.1. The van der Waals surface area contributed by atoms with Gasteiger partial charge < -0.3 is 9.73 Å². The van der Waals surface area contributed by atoms with Crippen molar-refractivity contribution in [3.63, 3.8) is 0 Å². The average Bonchev–Trinajstić information content (AvgIpc) is 3.11. The lowest BCUT2D eigenvalue weighted by Crippen LogP contribution is -2.11. The van der Waals surface area contributed by atoms with Crippen LogP contribution in [0.25, 0.3) is 0 Å². The van der Waals surface area contributed by atoms with Gasteiger partial charge in [0, 0.05) is 16.9 Å². The summed E-state index contributed by atoms with van der Waals surface area (Å²) in [6.07, 6.45) is 4.82. The number of aromatic nitrogens is 3. The summed E-state index contributed by atoms with van der Waals surface area (Å²) in [4.78, 5) is 16.1. The van der Waals surface area contributed by atoms with Gasteiger partial charge in [0.15, 0.2) is 5.76 Å². The largest absolute Gasteiger partial charge is 0.454 e. The number of amides is 1. The molecule has 3 rings (SSSR count). The first-order chi connectivity index (χ1) is 10.6. The van der Waals surface area contributed by atoms with E-state index >= 15 is 0 Å². The molecule has 0 atom stereocenters. The third kappa shape index (κ3) is 3.55. The van der Waals surface area contributed by atoms with Gasteiger partial charge in [0.25, 0.3) is 5.91 Å². The van der Waals surface area contributed by atoms with Gasteiger partial charge >= 0.3 is 0 Å². The summed E-state index contributed by atoms with van der Waals surface area (Å²) in [5, 5.41) is 7.26. The first kappa shape index (κ1) is 14.8. The zero-order valence-corrected chi connectivity index (χ0v) is 13.5. The lowest BCUT2D eigenvalue weighted by Gasteiger charge is -2.02. The van der Waals surface area contributed by atoms with Crippen molar-refractivity contribution in [2.45, 2.75) is 6.54 Å². The molecule has 1 N–H and O–H groups in total. The Hall–Kier alpha value is -2.12. The zero-order chi connectivity index (χ0) is 15.5. The molecule has 0 unspecified atom stereocenters. The average molecular weight is 382 g/mol. The maximum absolute atomic E-state index is 12.1. The molecule has 0 fully saturated rings. The molecule has 6 nitrogen and oxygen atoms in total. The van der Waals surface area contributed by atoms with Gasteiger partial charge in [0.1, 0.15) is 11.6 Å². The quantitative estimate of drug-likeness (QED) is 0.749. The lowest BCUT2D eigenvalue weighted by molar-refractivity contribution is 0.0994. The Morgan fingerprint density at radius 1 is 1.32 bits per heavy atom. The lowest BCUT2D eigenvalue weighted by atomic mass is 10.4. The van der Waals surface area contributed by atoms with Gasteiger partial charge in [-0.25, -0.2) is 4.98 Å². The van der Waals surface area contributed by atoms with Crippen molar-refractivity contribution in [2.75, 3.05) is 5.32 Å². The molecule has 22 heavy (non-hydrogen) atoms. The van der Waals surface area contributed by atoms with Gasteiger partial charge in [-0.15, -0.1) is 0 Å². The minimum absolute atomic E-state index is 0.206. The first-order valence-electron chi connectivity index (χ1n) is 6.30. The van der Waals surface area contributed by atoms with Crippen LogP contribution in [-0.4, -0.2) is 20.7 Å². The minimum Gasteiger partial charge on any atom is -0.454 e. The number of pyridine rings is 1. The van der Waals surface area contributed by atoms with Crippen LogP contribution >= 0.6 is 27.5 Å². The van der Waals surface area contributed by atoms with Gasteiger partial charge in [-0.05, 0) is 40.2 Å². The summed E-state index contributed by atoms with van der Waals surface area (Å²) < 4.78 is 7.96. The van der Waals surface area contributed by atoms with Crippen molar-refractivity contribution in [1.82, 2.24) is 14.8 Å². The molecule has 112 valence electrons. The van der Waals surface area contributed by atoms with E-state index in [1.165, 1.54) is 6.20 Å². The van der Waals surface area contributed by atoms with Crippen molar-refractivity contribution in [1.29, 1.82) is 0 Å². The number of rotatable bonds is 4. The Kier molecular flexibility index (Phi) is 4.26. The van der Waals surface area contributed by atoms with Gasteiger partial charge in [0.2, 0.25) is 0 Å². The van der Waals surface area contributed by atoms with Crippen LogP contribution in [0.15, 0.2) is 51.7 Å². The molecule has 0 saturated heterocycles. The number of hydrogen-bond acceptors (Lipinski definition) is 4. The fraction of sp³-hybridized carbons (Fsp3) is 0.0714. The topological polar surface area (TPSA) is 73.0 Å². The van der Waals surface area contributed by atoms with Gasteiger partial charge in [0.05, 0.1) is 17.8 Å². The number of carbonyl (C=O) groups excluding carboxylic acids is 1. The maximum Gasteiger partial charge on any atom is 0.292 e. The van der Waals surface area contributed by atoms with Gasteiger partial charge in [-0.2, -0.15) is 5.10 Å². The third-order valence-corrected chi connectivity index (χ3v) is 3.44. The van der Waals surface area contributed by atoms with Crippen molar-refractivity contribution in [2.24, 2.45) is 0 Å². The molecular weight excluding hydrogens is 372 g/mol. The van der Waals surface area contributed by atoms with Crippen molar-refractivity contribution in [3.8, 4) is 0 Å². The molecule has 3 aromatic rings. The van der Waals surface area contributed by atoms with E-state index < -0.39 is 0 Å². The molecule has 0 aliphatic rings. The van der Waals surface area contributed by atoms with Crippen LogP contribution in [-0.2, 0) is 6.54 Å². The number of anilines is 1. The number of nitrogens with zero attached hydrogens (tertiary/aromatic N) is 3. The van der Waals surface area contributed by atoms with Gasteiger partial charge in [-0.1, -0.05) is 11.6 Å². The Morgan fingerprint density at radius 3 is 2.86 bits per heavy atom. The summed E-state index contributed by atoms with van der Waals surface area (Å²) in [5.74, 6) is 0.899. The Balaban J connectivity index is 1.67. The minimum atomic E-state index is -0.362. The van der Waals surface area contributed by atoms with E-state index in [-0.39, 0.29) is 11.7 Å². The molecule has 3 heterocycles. The molecule has 3 aromatic heterocycles. The molecule has 0 radical (unpaired) electrons. The van der Waals surface area contributed by atoms with E-state index in [2.05, 4.69) is 31.3 Å². The number of nitrogens with one attached hydrogen (secondary N) is 1. The number of carbonyl (C=O) groups is 1. The number of hydrogen-bond donors (Lipinski definition) is 1. The highest BCUT2D eigenvalue weighted by atomic mass is 79.9. The van der Waals surface area contributed by atoms with Crippen LogP contribution in [0, 0.1) is 0 Å².